The van der Waals surface area contributed by atoms with Crippen molar-refractivity contribution < 1.29 is 4.74 Å². The van der Waals surface area contributed by atoms with Crippen molar-refractivity contribution in [3.8, 4) is 0 Å². The largest absolute Gasteiger partial charge is 0.385 e. The molecule has 90 valence electrons. The lowest BCUT2D eigenvalue weighted by molar-refractivity contribution is 0.153. The summed E-state index contributed by atoms with van der Waals surface area (Å²) in [5.74, 6) is 1.73. The van der Waals surface area contributed by atoms with Gasteiger partial charge in [0.2, 0.25) is 0 Å². The number of methoxy groups -OCH3 is 1. The molecule has 0 spiro atoms. The maximum absolute atomic E-state index is 6.41. The summed E-state index contributed by atoms with van der Waals surface area (Å²) >= 11 is 0. The summed E-state index contributed by atoms with van der Waals surface area (Å²) in [6, 6.07) is 0. The molecule has 0 amide bonds. The van der Waals surface area contributed by atoms with Gasteiger partial charge in [-0.05, 0) is 50.4 Å². The van der Waals surface area contributed by atoms with Crippen LogP contribution >= 0.6 is 0 Å². The van der Waals surface area contributed by atoms with E-state index in [1.54, 1.807) is 7.11 Å². The molecule has 1 saturated carbocycles. The fourth-order valence-corrected chi connectivity index (χ4v) is 2.70. The summed E-state index contributed by atoms with van der Waals surface area (Å²) < 4.78 is 5.08. The Morgan fingerprint density at radius 1 is 1.33 bits per heavy atom. The average Bonchev–Trinajstić information content (AvgIpc) is 2.18. The minimum Gasteiger partial charge on any atom is -0.385 e. The third-order valence-corrected chi connectivity index (χ3v) is 3.99. The van der Waals surface area contributed by atoms with Crippen LogP contribution < -0.4 is 5.73 Å². The lowest BCUT2D eigenvalue weighted by Gasteiger charge is -2.38. The SMILES string of the molecule is COCCCC1(N)CCC(C(C)C)CC1. The van der Waals surface area contributed by atoms with Crippen LogP contribution in [-0.2, 0) is 4.74 Å². The number of rotatable bonds is 5. The van der Waals surface area contributed by atoms with E-state index in [4.69, 9.17) is 10.5 Å². The van der Waals surface area contributed by atoms with E-state index in [1.807, 2.05) is 0 Å². The first-order valence-electron chi connectivity index (χ1n) is 6.35. The quantitative estimate of drug-likeness (QED) is 0.713. The summed E-state index contributed by atoms with van der Waals surface area (Å²) in [5.41, 5.74) is 6.52. The molecule has 0 aromatic carbocycles. The highest BCUT2D eigenvalue weighted by molar-refractivity contribution is 4.90. The minimum atomic E-state index is 0.115. The molecular weight excluding hydrogens is 186 g/mol. The maximum Gasteiger partial charge on any atom is 0.0462 e. The van der Waals surface area contributed by atoms with Gasteiger partial charge in [-0.25, -0.2) is 0 Å². The molecule has 15 heavy (non-hydrogen) atoms. The van der Waals surface area contributed by atoms with Crippen LogP contribution in [0.2, 0.25) is 0 Å². The van der Waals surface area contributed by atoms with Crippen LogP contribution in [0.1, 0.15) is 52.4 Å². The Hall–Kier alpha value is -0.0800. The molecule has 1 aliphatic rings. The number of ether oxygens (including phenoxy) is 1. The lowest BCUT2D eigenvalue weighted by atomic mass is 9.72. The Kier molecular flexibility index (Phi) is 5.07. The molecule has 1 fully saturated rings. The summed E-state index contributed by atoms with van der Waals surface area (Å²) in [7, 11) is 1.76. The zero-order chi connectivity index (χ0) is 11.3. The summed E-state index contributed by atoms with van der Waals surface area (Å²) in [6.07, 6.45) is 7.30. The summed E-state index contributed by atoms with van der Waals surface area (Å²) in [5, 5.41) is 0. The highest BCUT2D eigenvalue weighted by Crippen LogP contribution is 2.36. The third kappa shape index (κ3) is 4.12. The van der Waals surface area contributed by atoms with Crippen LogP contribution in [0, 0.1) is 11.8 Å². The van der Waals surface area contributed by atoms with E-state index in [-0.39, 0.29) is 5.54 Å². The second kappa shape index (κ2) is 5.86. The monoisotopic (exact) mass is 213 g/mol. The average molecular weight is 213 g/mol. The van der Waals surface area contributed by atoms with E-state index < -0.39 is 0 Å². The van der Waals surface area contributed by atoms with Crippen molar-refractivity contribution in [2.45, 2.75) is 57.9 Å². The Bertz CT molecular complexity index is 171. The Balaban J connectivity index is 2.27. The van der Waals surface area contributed by atoms with E-state index in [2.05, 4.69) is 13.8 Å². The first kappa shape index (κ1) is 13.0. The predicted molar refractivity (Wildman–Crippen MR) is 64.8 cm³/mol. The van der Waals surface area contributed by atoms with Crippen molar-refractivity contribution in [1.29, 1.82) is 0 Å². The molecule has 0 unspecified atom stereocenters. The number of hydrogen-bond acceptors (Lipinski definition) is 2. The molecule has 2 N–H and O–H groups in total. The van der Waals surface area contributed by atoms with Crippen molar-refractivity contribution in [3.05, 3.63) is 0 Å². The van der Waals surface area contributed by atoms with Gasteiger partial charge in [-0.3, -0.25) is 0 Å². The van der Waals surface area contributed by atoms with Gasteiger partial charge in [0.15, 0.2) is 0 Å². The molecular formula is C13H27NO. The van der Waals surface area contributed by atoms with Gasteiger partial charge in [-0.2, -0.15) is 0 Å². The lowest BCUT2D eigenvalue weighted by Crippen LogP contribution is -2.44. The van der Waals surface area contributed by atoms with Gasteiger partial charge < -0.3 is 10.5 Å². The van der Waals surface area contributed by atoms with Crippen molar-refractivity contribution in [2.75, 3.05) is 13.7 Å². The van der Waals surface area contributed by atoms with E-state index >= 15 is 0 Å². The number of nitrogens with two attached hydrogens (primary N) is 1. The standard InChI is InChI=1S/C13H27NO/c1-11(2)12-5-8-13(14,9-6-12)7-4-10-15-3/h11-12H,4-10,14H2,1-3H3. The van der Waals surface area contributed by atoms with Crippen molar-refractivity contribution in [2.24, 2.45) is 17.6 Å². The molecule has 1 rings (SSSR count). The van der Waals surface area contributed by atoms with Crippen LogP contribution in [0.25, 0.3) is 0 Å². The van der Waals surface area contributed by atoms with Gasteiger partial charge >= 0.3 is 0 Å². The molecule has 0 atom stereocenters. The molecule has 0 aromatic rings. The van der Waals surface area contributed by atoms with Crippen molar-refractivity contribution >= 4 is 0 Å². The van der Waals surface area contributed by atoms with Gasteiger partial charge in [0.05, 0.1) is 0 Å². The van der Waals surface area contributed by atoms with Crippen LogP contribution in [0.4, 0.5) is 0 Å². The molecule has 2 nitrogen and oxygen atoms in total. The molecule has 0 heterocycles. The zero-order valence-corrected chi connectivity index (χ0v) is 10.6. The second-order valence-electron chi connectivity index (χ2n) is 5.54. The Labute approximate surface area is 94.6 Å². The van der Waals surface area contributed by atoms with E-state index in [9.17, 15) is 0 Å². The van der Waals surface area contributed by atoms with E-state index in [0.29, 0.717) is 0 Å². The molecule has 0 aromatic heterocycles. The highest BCUT2D eigenvalue weighted by atomic mass is 16.5. The van der Waals surface area contributed by atoms with Gasteiger partial charge in [-0.15, -0.1) is 0 Å². The first-order chi connectivity index (χ1) is 7.07. The van der Waals surface area contributed by atoms with E-state index in [0.717, 1.165) is 31.3 Å². The molecule has 2 heteroatoms. The van der Waals surface area contributed by atoms with Gasteiger partial charge in [0.25, 0.3) is 0 Å². The summed E-state index contributed by atoms with van der Waals surface area (Å²) in [4.78, 5) is 0. The smallest absolute Gasteiger partial charge is 0.0462 e. The van der Waals surface area contributed by atoms with Crippen molar-refractivity contribution in [3.63, 3.8) is 0 Å². The molecule has 0 saturated heterocycles. The normalized spacial score (nSPS) is 32.2. The van der Waals surface area contributed by atoms with Gasteiger partial charge in [-0.1, -0.05) is 13.8 Å². The first-order valence-corrected chi connectivity index (χ1v) is 6.35. The van der Waals surface area contributed by atoms with Crippen LogP contribution in [0.5, 0.6) is 0 Å². The van der Waals surface area contributed by atoms with Gasteiger partial charge in [0, 0.05) is 19.3 Å². The topological polar surface area (TPSA) is 35.2 Å². The molecule has 0 radical (unpaired) electrons. The fourth-order valence-electron chi connectivity index (χ4n) is 2.70. The Morgan fingerprint density at radius 3 is 2.40 bits per heavy atom. The highest BCUT2D eigenvalue weighted by Gasteiger charge is 2.31. The third-order valence-electron chi connectivity index (χ3n) is 3.99. The van der Waals surface area contributed by atoms with E-state index in [1.165, 1.54) is 25.7 Å². The van der Waals surface area contributed by atoms with Gasteiger partial charge in [0.1, 0.15) is 0 Å². The zero-order valence-electron chi connectivity index (χ0n) is 10.6. The molecule has 0 bridgehead atoms. The van der Waals surface area contributed by atoms with Crippen LogP contribution in [-0.4, -0.2) is 19.3 Å². The fraction of sp³-hybridized carbons (Fsp3) is 1.00. The number of hydrogen-bond donors (Lipinski definition) is 1. The van der Waals surface area contributed by atoms with Crippen molar-refractivity contribution in [1.82, 2.24) is 0 Å². The van der Waals surface area contributed by atoms with Crippen LogP contribution in [0.3, 0.4) is 0 Å². The molecule has 0 aliphatic heterocycles. The molecule has 1 aliphatic carbocycles. The second-order valence-corrected chi connectivity index (χ2v) is 5.54. The Morgan fingerprint density at radius 2 is 1.93 bits per heavy atom. The van der Waals surface area contributed by atoms with Crippen LogP contribution in [0.15, 0.2) is 0 Å². The maximum atomic E-state index is 6.41. The minimum absolute atomic E-state index is 0.115. The summed E-state index contributed by atoms with van der Waals surface area (Å²) in [6.45, 7) is 5.52. The predicted octanol–water partition coefficient (Wildman–Crippen LogP) is 2.96.